The van der Waals surface area contributed by atoms with Crippen LogP contribution in [-0.2, 0) is 5.21 Å². The second-order valence-corrected chi connectivity index (χ2v) is 34.3. The number of rotatable bonds is 24. The van der Waals surface area contributed by atoms with Crippen LogP contribution in [0.4, 0.5) is 0 Å². The number of benzene rings is 1. The molecule has 10 heterocycles. The van der Waals surface area contributed by atoms with Crippen LogP contribution in [-0.4, -0.2) is 42.8 Å². The molecule has 11 rings (SSSR count). The van der Waals surface area contributed by atoms with Crippen molar-refractivity contribution in [3.8, 4) is 85.4 Å². The molecule has 0 spiro atoms. The number of hydrogen-bond acceptors (Lipinski definition) is 14. The van der Waals surface area contributed by atoms with E-state index in [1.807, 2.05) is 174 Å². The number of nitrogens with zero attached hydrogens (tertiary/aromatic N) is 3. The molecule has 0 amide bonds. The number of thiophene rings is 8. The first-order chi connectivity index (χ1) is 37.9. The molecule has 0 saturated heterocycles. The molecule has 1 aliphatic rings. The minimum atomic E-state index is -0.900. The monoisotopic (exact) mass is 1250 g/mol. The van der Waals surface area contributed by atoms with E-state index in [4.69, 9.17) is 0 Å². The molecule has 0 bridgehead atoms. The second-order valence-electron chi connectivity index (χ2n) is 20.2. The summed E-state index contributed by atoms with van der Waals surface area (Å²) < 4.78 is 5.99. The molecule has 17 heteroatoms. The molecule has 1 aromatic carbocycles. The lowest BCUT2D eigenvalue weighted by Crippen LogP contribution is -2.53. The summed E-state index contributed by atoms with van der Waals surface area (Å²) in [7, 11) is 7.82. The number of hydroxylamine groups is 3. The highest BCUT2D eigenvalue weighted by Gasteiger charge is 2.60. The Kier molecular flexibility index (Phi) is 18.2. The zero-order chi connectivity index (χ0) is 54.0. The smallest absolute Gasteiger partial charge is 0.316 e. The van der Waals surface area contributed by atoms with Crippen LogP contribution in [0.15, 0.2) is 142 Å². The van der Waals surface area contributed by atoms with E-state index in [1.54, 1.807) is 0 Å². The molecule has 1 radical (unpaired) electrons. The van der Waals surface area contributed by atoms with E-state index in [9.17, 15) is 10.4 Å². The summed E-state index contributed by atoms with van der Waals surface area (Å²) in [5, 5.41) is 28.3. The average Bonchev–Trinajstić information content (AvgIpc) is 4.48. The summed E-state index contributed by atoms with van der Waals surface area (Å²) in [5.41, 5.74) is 1.94. The lowest BCUT2D eigenvalue weighted by molar-refractivity contribution is -0.539. The Morgan fingerprint density at radius 3 is 1.10 bits per heavy atom. The van der Waals surface area contributed by atoms with Crippen molar-refractivity contribution in [3.63, 3.8) is 0 Å². The van der Waals surface area contributed by atoms with Crippen LogP contribution in [0.2, 0.25) is 0 Å². The molecule has 78 heavy (non-hydrogen) atoms. The van der Waals surface area contributed by atoms with Gasteiger partial charge in [-0.2, -0.15) is 0 Å². The number of aromatic nitrogens is 1. The van der Waals surface area contributed by atoms with Crippen LogP contribution in [0.25, 0.3) is 85.4 Å². The molecule has 0 fully saturated rings. The first kappa shape index (κ1) is 56.6. The predicted molar refractivity (Wildman–Crippen MR) is 356 cm³/mol. The molecule has 0 aliphatic carbocycles. The van der Waals surface area contributed by atoms with Gasteiger partial charge in [-0.3, -0.25) is 4.74 Å². The topological polar surface area (TPSA) is 54.1 Å². The highest BCUT2D eigenvalue weighted by atomic mass is 33.1. The minimum absolute atomic E-state index is 0.147. The molecule has 0 unspecified atom stereocenters. The normalized spacial score (nSPS) is 14.2. The van der Waals surface area contributed by atoms with Gasteiger partial charge in [-0.15, -0.1) is 90.7 Å². The van der Waals surface area contributed by atoms with Gasteiger partial charge in [-0.1, -0.05) is 79.0 Å². The maximum absolute atomic E-state index is 13.7. The van der Waals surface area contributed by atoms with Gasteiger partial charge in [0.2, 0.25) is 0 Å². The van der Waals surface area contributed by atoms with Crippen LogP contribution in [0.5, 0.6) is 0 Å². The highest BCUT2D eigenvalue weighted by Crippen LogP contribution is 2.50. The van der Waals surface area contributed by atoms with Gasteiger partial charge in [0, 0.05) is 80.9 Å². The summed E-state index contributed by atoms with van der Waals surface area (Å²) in [5.74, 6) is 2.57. The molecular weight excluding hydrogens is 1190 g/mol. The third kappa shape index (κ3) is 12.0. The van der Waals surface area contributed by atoms with Crippen LogP contribution >= 0.6 is 134 Å². The molecule has 0 saturated carbocycles. The Labute approximate surface area is 507 Å². The van der Waals surface area contributed by atoms with Crippen molar-refractivity contribution in [2.75, 3.05) is 11.5 Å². The summed E-state index contributed by atoms with van der Waals surface area (Å²) in [4.78, 5) is 17.8. The van der Waals surface area contributed by atoms with E-state index in [0.717, 1.165) is 36.6 Å². The standard InChI is InChI=1S/C61H60N3O2S12/c1-7-9-11-13-37-67-77-57-35-33-55(75-57)53-31-29-51(73-53)49-27-25-47(71-49)45-23-21-43(69-45)41-19-20-42(62(41)40-17-15-39(16-18-40)59-63(65)60(3,4)61(5,6)64(59)66)44-22-24-46(70-44)48-26-28-50(72-48)52-30-32-54(74-52)56-34-36-58(76-56)78-68-38-14-12-10-8-2/h15-36H,7-14,37-38H2,1-6H3. The molecule has 5 nitrogen and oxygen atoms in total. The molecule has 10 aromatic rings. The van der Waals surface area contributed by atoms with Gasteiger partial charge >= 0.3 is 5.84 Å². The quantitative estimate of drug-likeness (QED) is 0.0260. The van der Waals surface area contributed by atoms with Crippen molar-refractivity contribution in [1.29, 1.82) is 0 Å². The fourth-order valence-corrected chi connectivity index (χ4v) is 23.1. The van der Waals surface area contributed by atoms with E-state index >= 15 is 0 Å². The van der Waals surface area contributed by atoms with Crippen LogP contribution < -0.4 is 0 Å². The van der Waals surface area contributed by atoms with Gasteiger partial charge in [0.25, 0.3) is 0 Å². The maximum atomic E-state index is 13.7. The molecule has 0 N–H and O–H groups in total. The number of unbranched alkanes of at least 4 members (excludes halogenated alkanes) is 6. The van der Waals surface area contributed by atoms with E-state index < -0.39 is 11.1 Å². The Morgan fingerprint density at radius 1 is 0.423 bits per heavy atom. The average molecular weight is 1250 g/mol. The molecule has 0 atom stereocenters. The number of hydrogen-bond donors (Lipinski definition) is 0. The molecule has 1 aliphatic heterocycles. The maximum Gasteiger partial charge on any atom is 0.316 e. The summed E-state index contributed by atoms with van der Waals surface area (Å²) in [6, 6.07) is 48.8. The van der Waals surface area contributed by atoms with Crippen LogP contribution in [0.1, 0.15) is 98.5 Å². The number of amidine groups is 1. The molecule has 403 valence electrons. The first-order valence-corrected chi connectivity index (χ1v) is 37.6. The Morgan fingerprint density at radius 2 is 0.756 bits per heavy atom. The zero-order valence-corrected chi connectivity index (χ0v) is 54.1. The summed E-state index contributed by atoms with van der Waals surface area (Å²) >= 11 is 14.9. The van der Waals surface area contributed by atoms with Gasteiger partial charge in [0.15, 0.2) is 5.54 Å². The largest absolute Gasteiger partial charge is 0.714 e. The lowest BCUT2D eigenvalue weighted by atomic mass is 9.84. The van der Waals surface area contributed by atoms with Crippen molar-refractivity contribution >= 4 is 140 Å². The molecular formula is C61H60N3O2S12. The van der Waals surface area contributed by atoms with E-state index in [0.29, 0.717) is 5.56 Å². The predicted octanol–water partition coefficient (Wildman–Crippen LogP) is 23.4. The fourth-order valence-electron chi connectivity index (χ4n) is 9.20. The van der Waals surface area contributed by atoms with Gasteiger partial charge < -0.3 is 9.77 Å². The van der Waals surface area contributed by atoms with E-state index in [-0.39, 0.29) is 5.84 Å². The Hall–Kier alpha value is -3.27. The van der Waals surface area contributed by atoms with E-state index in [2.05, 4.69) is 140 Å². The molecule has 9 aromatic heterocycles. The zero-order valence-electron chi connectivity index (χ0n) is 44.3. The summed E-state index contributed by atoms with van der Waals surface area (Å²) in [6.45, 7) is 11.9. The third-order valence-electron chi connectivity index (χ3n) is 14.4. The Bertz CT molecular complexity index is 3450. The van der Waals surface area contributed by atoms with Crippen molar-refractivity contribution in [2.45, 2.75) is 112 Å². The Balaban J connectivity index is 0.839. The highest BCUT2D eigenvalue weighted by molar-refractivity contribution is 8.77. The minimum Gasteiger partial charge on any atom is -0.714 e. The fraction of sp³-hybridized carbons (Fsp3) is 0.295. The van der Waals surface area contributed by atoms with Gasteiger partial charge in [-0.05, 0) is 196 Å². The van der Waals surface area contributed by atoms with Crippen molar-refractivity contribution in [2.24, 2.45) is 0 Å². The van der Waals surface area contributed by atoms with Gasteiger partial charge in [0.1, 0.15) is 5.54 Å². The lowest BCUT2D eigenvalue weighted by Gasteiger charge is -2.32. The van der Waals surface area contributed by atoms with Crippen LogP contribution in [0.3, 0.4) is 0 Å². The van der Waals surface area contributed by atoms with Crippen molar-refractivity contribution in [1.82, 2.24) is 9.63 Å². The van der Waals surface area contributed by atoms with Gasteiger partial charge in [0.05, 0.1) is 35.1 Å². The third-order valence-corrected chi connectivity index (χ3v) is 30.0. The van der Waals surface area contributed by atoms with Crippen molar-refractivity contribution < 1.29 is 9.95 Å². The van der Waals surface area contributed by atoms with E-state index in [1.165, 1.54) is 130 Å². The van der Waals surface area contributed by atoms with Crippen molar-refractivity contribution in [3.05, 3.63) is 144 Å². The SMILES string of the molecule is CCCCCCSSc1ccc(-c2ccc(-c3ccc(-c4ccc(-c5ccc(-c6ccc(-c7ccc(-c8ccc(-c9ccc(SSCCCCCC)s9)s8)s7)s6)n5-c5ccc(C6=[N+]([O-])C(C)(C)C(C)(C)N6[O])cc5)s4)s3)s2)s1. The van der Waals surface area contributed by atoms with Crippen LogP contribution in [0, 0.1) is 5.21 Å². The second kappa shape index (κ2) is 25.1. The van der Waals surface area contributed by atoms with Gasteiger partial charge in [-0.25, -0.2) is 0 Å². The first-order valence-electron chi connectivity index (χ1n) is 26.4. The summed E-state index contributed by atoms with van der Waals surface area (Å²) in [6.07, 6.45) is 10.5.